The van der Waals surface area contributed by atoms with Gasteiger partial charge < -0.3 is 40.4 Å². The van der Waals surface area contributed by atoms with Crippen LogP contribution in [0.15, 0.2) is 54.6 Å². The summed E-state index contributed by atoms with van der Waals surface area (Å²) in [4.78, 5) is 64.7. The number of amides is 4. The zero-order valence-corrected chi connectivity index (χ0v) is 30.9. The average molecular weight is 736 g/mol. The molecule has 278 valence electrons. The molecule has 1 aliphatic heterocycles. The Kier molecular flexibility index (Phi) is 14.3. The molecule has 0 saturated heterocycles. The van der Waals surface area contributed by atoms with E-state index in [1.807, 2.05) is 30.3 Å². The SMILES string of the molecule is CNc1cc(OCc2cc(CCl)cc(NC(=O)C(C)NC(=O)C(C)NC(=O)CCCCC(=O)OC)c2)c(OC)cc1C(=O)N1CCc2ccccc21. The number of nitrogens with one attached hydrogen (secondary N) is 4. The normalized spacial score (nSPS) is 12.9. The Bertz CT molecular complexity index is 1780. The van der Waals surface area contributed by atoms with Gasteiger partial charge in [-0.15, -0.1) is 11.6 Å². The number of halogens is 1. The molecule has 4 amide bonds. The summed E-state index contributed by atoms with van der Waals surface area (Å²) in [6.45, 7) is 3.73. The Morgan fingerprint density at radius 1 is 0.865 bits per heavy atom. The number of para-hydroxylation sites is 1. The number of esters is 1. The van der Waals surface area contributed by atoms with E-state index in [0.717, 1.165) is 23.2 Å². The highest BCUT2D eigenvalue weighted by atomic mass is 35.5. The van der Waals surface area contributed by atoms with Crippen molar-refractivity contribution in [3.63, 3.8) is 0 Å². The number of carbonyl (C=O) groups excluding carboxylic acids is 5. The van der Waals surface area contributed by atoms with Crippen LogP contribution in [0, 0.1) is 0 Å². The van der Waals surface area contributed by atoms with Crippen LogP contribution >= 0.6 is 11.6 Å². The summed E-state index contributed by atoms with van der Waals surface area (Å²) in [6.07, 6.45) is 2.11. The summed E-state index contributed by atoms with van der Waals surface area (Å²) in [6, 6.07) is 14.8. The van der Waals surface area contributed by atoms with Crippen LogP contribution < -0.4 is 35.6 Å². The van der Waals surface area contributed by atoms with Gasteiger partial charge in [0.05, 0.1) is 25.5 Å². The molecule has 13 nitrogen and oxygen atoms in total. The van der Waals surface area contributed by atoms with Crippen molar-refractivity contribution < 1.29 is 38.2 Å². The summed E-state index contributed by atoms with van der Waals surface area (Å²) in [5.41, 5.74) is 4.93. The van der Waals surface area contributed by atoms with Crippen LogP contribution in [0.5, 0.6) is 11.5 Å². The molecule has 1 aliphatic rings. The lowest BCUT2D eigenvalue weighted by atomic mass is 10.1. The number of alkyl halides is 1. The Balaban J connectivity index is 1.37. The van der Waals surface area contributed by atoms with Crippen LogP contribution in [0.3, 0.4) is 0 Å². The van der Waals surface area contributed by atoms with Gasteiger partial charge in [0, 0.05) is 49.8 Å². The molecule has 2 atom stereocenters. The fourth-order valence-electron chi connectivity index (χ4n) is 5.76. The van der Waals surface area contributed by atoms with Crippen LogP contribution in [0.4, 0.5) is 17.1 Å². The molecule has 14 heteroatoms. The van der Waals surface area contributed by atoms with Gasteiger partial charge >= 0.3 is 5.97 Å². The lowest BCUT2D eigenvalue weighted by Gasteiger charge is -2.21. The predicted octanol–water partition coefficient (Wildman–Crippen LogP) is 4.94. The van der Waals surface area contributed by atoms with Gasteiger partial charge in [-0.3, -0.25) is 24.0 Å². The molecule has 0 spiro atoms. The quantitative estimate of drug-likeness (QED) is 0.0854. The molecule has 0 aromatic heterocycles. The maximum absolute atomic E-state index is 13.7. The number of benzene rings is 3. The minimum atomic E-state index is -0.925. The molecule has 0 bridgehead atoms. The molecule has 0 radical (unpaired) electrons. The van der Waals surface area contributed by atoms with Gasteiger partial charge in [-0.05, 0) is 74.1 Å². The third-order valence-electron chi connectivity index (χ3n) is 8.59. The van der Waals surface area contributed by atoms with Crippen molar-refractivity contribution in [3.8, 4) is 11.5 Å². The average Bonchev–Trinajstić information content (AvgIpc) is 3.58. The summed E-state index contributed by atoms with van der Waals surface area (Å²) >= 11 is 6.18. The highest BCUT2D eigenvalue weighted by Crippen LogP contribution is 2.37. The van der Waals surface area contributed by atoms with Crippen LogP contribution in [0.25, 0.3) is 0 Å². The first kappa shape index (κ1) is 39.5. The topological polar surface area (TPSA) is 164 Å². The van der Waals surface area contributed by atoms with Crippen molar-refractivity contribution in [2.24, 2.45) is 0 Å². The van der Waals surface area contributed by atoms with Gasteiger partial charge in [0.25, 0.3) is 5.91 Å². The van der Waals surface area contributed by atoms with Crippen molar-refractivity contribution in [2.75, 3.05) is 43.3 Å². The standard InChI is InChI=1S/C38H46ClN5O8/c1-23(41-34(45)12-8-9-13-35(46)51-5)36(47)42-24(2)37(48)43-28-17-25(21-39)16-26(18-28)22-52-33-20-30(40-3)29(19-32(33)50-4)38(49)44-15-14-27-10-6-7-11-31(27)44/h6-7,10-11,16-20,23-24,40H,8-9,12-15,21-22H2,1-5H3,(H,41,45)(H,42,47)(H,43,48). The van der Waals surface area contributed by atoms with E-state index >= 15 is 0 Å². The number of hydrogen-bond donors (Lipinski definition) is 4. The molecular weight excluding hydrogens is 690 g/mol. The summed E-state index contributed by atoms with van der Waals surface area (Å²) in [5, 5.41) is 11.1. The third-order valence-corrected chi connectivity index (χ3v) is 8.90. The largest absolute Gasteiger partial charge is 0.493 e. The van der Waals surface area contributed by atoms with Crippen LogP contribution in [-0.4, -0.2) is 69.5 Å². The van der Waals surface area contributed by atoms with Gasteiger partial charge in [-0.2, -0.15) is 0 Å². The maximum Gasteiger partial charge on any atom is 0.305 e. The molecule has 4 N–H and O–H groups in total. The third kappa shape index (κ3) is 10.4. The molecule has 3 aromatic rings. The minimum Gasteiger partial charge on any atom is -0.493 e. The summed E-state index contributed by atoms with van der Waals surface area (Å²) in [5.74, 6) is -0.873. The van der Waals surface area contributed by atoms with Crippen molar-refractivity contribution >= 4 is 58.3 Å². The monoisotopic (exact) mass is 735 g/mol. The highest BCUT2D eigenvalue weighted by Gasteiger charge is 2.28. The van der Waals surface area contributed by atoms with Crippen molar-refractivity contribution in [1.82, 2.24) is 10.6 Å². The van der Waals surface area contributed by atoms with Crippen molar-refractivity contribution in [1.29, 1.82) is 0 Å². The molecule has 52 heavy (non-hydrogen) atoms. The zero-order valence-electron chi connectivity index (χ0n) is 30.1. The predicted molar refractivity (Wildman–Crippen MR) is 199 cm³/mol. The number of fused-ring (bicyclic) bond motifs is 1. The lowest BCUT2D eigenvalue weighted by Crippen LogP contribution is -2.50. The molecule has 4 rings (SSSR count). The van der Waals surface area contributed by atoms with Gasteiger partial charge in [0.1, 0.15) is 18.7 Å². The number of rotatable bonds is 17. The first-order valence-electron chi connectivity index (χ1n) is 17.1. The lowest BCUT2D eigenvalue weighted by molar-refractivity contribution is -0.140. The highest BCUT2D eigenvalue weighted by molar-refractivity contribution is 6.17. The Labute approximate surface area is 308 Å². The molecule has 2 unspecified atom stereocenters. The molecule has 0 aliphatic carbocycles. The smallest absolute Gasteiger partial charge is 0.305 e. The van der Waals surface area contributed by atoms with Gasteiger partial charge in [0.2, 0.25) is 17.7 Å². The second-order valence-corrected chi connectivity index (χ2v) is 12.7. The van der Waals surface area contributed by atoms with E-state index in [4.69, 9.17) is 21.1 Å². The zero-order chi connectivity index (χ0) is 37.8. The first-order valence-corrected chi connectivity index (χ1v) is 17.6. The van der Waals surface area contributed by atoms with E-state index < -0.39 is 23.9 Å². The number of nitrogens with zero attached hydrogens (tertiary/aromatic N) is 1. The molecule has 3 aromatic carbocycles. The summed E-state index contributed by atoms with van der Waals surface area (Å²) in [7, 11) is 4.55. The number of unbranched alkanes of at least 4 members (excludes halogenated alkanes) is 1. The summed E-state index contributed by atoms with van der Waals surface area (Å²) < 4.78 is 16.4. The van der Waals surface area contributed by atoms with Crippen LogP contribution in [-0.2, 0) is 42.8 Å². The van der Waals surface area contributed by atoms with E-state index in [1.54, 1.807) is 36.2 Å². The Morgan fingerprint density at radius 3 is 2.29 bits per heavy atom. The fourth-order valence-corrected chi connectivity index (χ4v) is 5.91. The number of ether oxygens (including phenoxy) is 3. The van der Waals surface area contributed by atoms with E-state index in [1.165, 1.54) is 28.1 Å². The minimum absolute atomic E-state index is 0.0894. The van der Waals surface area contributed by atoms with Crippen molar-refractivity contribution in [2.45, 2.75) is 70.5 Å². The molecule has 1 heterocycles. The van der Waals surface area contributed by atoms with E-state index in [2.05, 4.69) is 26.0 Å². The van der Waals surface area contributed by atoms with Crippen LogP contribution in [0.2, 0.25) is 0 Å². The molecule has 0 saturated carbocycles. The first-order chi connectivity index (χ1) is 25.0. The van der Waals surface area contributed by atoms with Crippen LogP contribution in [0.1, 0.15) is 66.6 Å². The number of carbonyl (C=O) groups is 5. The Morgan fingerprint density at radius 2 is 1.58 bits per heavy atom. The Hall–Kier alpha value is -5.30. The number of methoxy groups -OCH3 is 2. The second-order valence-electron chi connectivity index (χ2n) is 12.4. The second kappa shape index (κ2) is 18.8. The van der Waals surface area contributed by atoms with Gasteiger partial charge in [0.15, 0.2) is 11.5 Å². The van der Waals surface area contributed by atoms with Gasteiger partial charge in [-0.25, -0.2) is 0 Å². The maximum atomic E-state index is 13.7. The van der Waals surface area contributed by atoms with E-state index in [9.17, 15) is 24.0 Å². The van der Waals surface area contributed by atoms with E-state index in [-0.39, 0.29) is 43.1 Å². The molecule has 0 fully saturated rings. The van der Waals surface area contributed by atoms with Crippen molar-refractivity contribution in [3.05, 3.63) is 76.9 Å². The number of hydrogen-bond acceptors (Lipinski definition) is 9. The molecular formula is C38H46ClN5O8. The fraction of sp³-hybridized carbons (Fsp3) is 0.395. The van der Waals surface area contributed by atoms with E-state index in [0.29, 0.717) is 53.4 Å². The van der Waals surface area contributed by atoms with Gasteiger partial charge in [-0.1, -0.05) is 24.3 Å². The number of anilines is 3.